The number of carbonyl (C=O) groups excluding carboxylic acids is 2. The molecule has 0 unspecified atom stereocenters. The number of hydrogen-bond donors (Lipinski definition) is 2. The first-order valence-electron chi connectivity index (χ1n) is 6.94. The predicted octanol–water partition coefficient (Wildman–Crippen LogP) is 0.503. The van der Waals surface area contributed by atoms with E-state index in [1.807, 2.05) is 18.7 Å². The van der Waals surface area contributed by atoms with Crippen LogP contribution in [0.25, 0.3) is 0 Å². The molecule has 2 N–H and O–H groups in total. The molecule has 0 aromatic rings. The second-order valence-electron chi connectivity index (χ2n) is 4.81. The Balaban J connectivity index is 2.27. The summed E-state index contributed by atoms with van der Waals surface area (Å²) in [5, 5.41) is 5.78. The minimum Gasteiger partial charge on any atom is -0.355 e. The summed E-state index contributed by atoms with van der Waals surface area (Å²) in [6.07, 6.45) is 4.60. The van der Waals surface area contributed by atoms with Crippen LogP contribution in [0.15, 0.2) is 0 Å². The number of likely N-dealkylation sites (N-methyl/N-ethyl adjacent to an activating group) is 2. The highest BCUT2D eigenvalue weighted by atomic mass is 16.2. The second kappa shape index (κ2) is 8.08. The zero-order chi connectivity index (χ0) is 13.4. The summed E-state index contributed by atoms with van der Waals surface area (Å²) in [5.41, 5.74) is 0. The Morgan fingerprint density at radius 2 is 1.72 bits per heavy atom. The fraction of sp³-hybridized carbons (Fsp3) is 0.846. The van der Waals surface area contributed by atoms with Crippen molar-refractivity contribution in [3.8, 4) is 0 Å². The van der Waals surface area contributed by atoms with E-state index in [4.69, 9.17) is 0 Å². The van der Waals surface area contributed by atoms with Gasteiger partial charge in [-0.05, 0) is 26.3 Å². The summed E-state index contributed by atoms with van der Waals surface area (Å²) in [6.45, 7) is 5.79. The molecule has 0 radical (unpaired) electrons. The third-order valence-electron chi connectivity index (χ3n) is 3.28. The molecule has 0 aromatic carbocycles. The minimum atomic E-state index is -0.0204. The van der Waals surface area contributed by atoms with Crippen molar-refractivity contribution < 1.29 is 9.59 Å². The number of amides is 2. The Labute approximate surface area is 109 Å². The van der Waals surface area contributed by atoms with Crippen LogP contribution in [0.4, 0.5) is 0 Å². The SMILES string of the molecule is CCNC(=O)CN(CC)CC(=O)NC1CCCC1. The standard InChI is InChI=1S/C13H25N3O2/c1-3-14-12(17)9-16(4-2)10-13(18)15-11-7-5-6-8-11/h11H,3-10H2,1-2H3,(H,14,17)(H,15,18). The number of hydrogen-bond acceptors (Lipinski definition) is 3. The summed E-state index contributed by atoms with van der Waals surface area (Å²) in [6, 6.07) is 0.348. The van der Waals surface area contributed by atoms with Gasteiger partial charge < -0.3 is 10.6 Å². The van der Waals surface area contributed by atoms with Crippen molar-refractivity contribution in [2.24, 2.45) is 0 Å². The molecule has 1 rings (SSSR count). The number of carbonyl (C=O) groups is 2. The summed E-state index contributed by atoms with van der Waals surface area (Å²) in [4.78, 5) is 25.1. The number of nitrogens with zero attached hydrogens (tertiary/aromatic N) is 1. The Bertz CT molecular complexity index is 275. The molecular formula is C13H25N3O2. The van der Waals surface area contributed by atoms with Gasteiger partial charge in [0.1, 0.15) is 0 Å². The van der Waals surface area contributed by atoms with E-state index in [0.29, 0.717) is 32.2 Å². The van der Waals surface area contributed by atoms with Crippen LogP contribution >= 0.6 is 0 Å². The average Bonchev–Trinajstić information content (AvgIpc) is 2.81. The molecule has 5 nitrogen and oxygen atoms in total. The van der Waals surface area contributed by atoms with Gasteiger partial charge in [0, 0.05) is 12.6 Å². The molecule has 0 atom stereocenters. The predicted molar refractivity (Wildman–Crippen MR) is 71.2 cm³/mol. The van der Waals surface area contributed by atoms with Gasteiger partial charge in [0.15, 0.2) is 0 Å². The molecule has 0 aliphatic heterocycles. The van der Waals surface area contributed by atoms with E-state index in [1.54, 1.807) is 0 Å². The van der Waals surface area contributed by atoms with E-state index < -0.39 is 0 Å². The van der Waals surface area contributed by atoms with Gasteiger partial charge in [0.25, 0.3) is 0 Å². The van der Waals surface area contributed by atoms with Gasteiger partial charge in [-0.25, -0.2) is 0 Å². The van der Waals surface area contributed by atoms with Crippen LogP contribution in [-0.4, -0.2) is 48.9 Å². The lowest BCUT2D eigenvalue weighted by molar-refractivity contribution is -0.125. The van der Waals surface area contributed by atoms with Gasteiger partial charge in [-0.15, -0.1) is 0 Å². The average molecular weight is 255 g/mol. The Morgan fingerprint density at radius 1 is 1.11 bits per heavy atom. The highest BCUT2D eigenvalue weighted by Crippen LogP contribution is 2.17. The fourth-order valence-electron chi connectivity index (χ4n) is 2.28. The monoisotopic (exact) mass is 255 g/mol. The second-order valence-corrected chi connectivity index (χ2v) is 4.81. The number of rotatable bonds is 7. The van der Waals surface area contributed by atoms with Gasteiger partial charge in [-0.3, -0.25) is 14.5 Å². The Morgan fingerprint density at radius 3 is 2.28 bits per heavy atom. The van der Waals surface area contributed by atoms with Crippen molar-refractivity contribution in [1.82, 2.24) is 15.5 Å². The van der Waals surface area contributed by atoms with Crippen molar-refractivity contribution in [3.63, 3.8) is 0 Å². The Hall–Kier alpha value is -1.10. The fourth-order valence-corrected chi connectivity index (χ4v) is 2.28. The highest BCUT2D eigenvalue weighted by molar-refractivity contribution is 5.81. The van der Waals surface area contributed by atoms with Crippen molar-refractivity contribution in [2.45, 2.75) is 45.6 Å². The molecule has 0 aromatic heterocycles. The van der Waals surface area contributed by atoms with Crippen molar-refractivity contribution >= 4 is 11.8 Å². The lowest BCUT2D eigenvalue weighted by atomic mass is 10.2. The molecule has 0 heterocycles. The maximum absolute atomic E-state index is 11.8. The summed E-state index contributed by atoms with van der Waals surface area (Å²) >= 11 is 0. The van der Waals surface area contributed by atoms with Crippen LogP contribution in [0.1, 0.15) is 39.5 Å². The number of nitrogens with one attached hydrogen (secondary N) is 2. The van der Waals surface area contributed by atoms with Crippen LogP contribution in [0.3, 0.4) is 0 Å². The maximum atomic E-state index is 11.8. The molecule has 18 heavy (non-hydrogen) atoms. The molecule has 1 aliphatic carbocycles. The van der Waals surface area contributed by atoms with E-state index in [-0.39, 0.29) is 11.8 Å². The molecule has 0 spiro atoms. The molecule has 1 fully saturated rings. The Kier molecular flexibility index (Phi) is 6.72. The van der Waals surface area contributed by atoms with E-state index in [0.717, 1.165) is 12.8 Å². The molecule has 2 amide bonds. The van der Waals surface area contributed by atoms with Crippen molar-refractivity contribution in [2.75, 3.05) is 26.2 Å². The quantitative estimate of drug-likeness (QED) is 0.696. The smallest absolute Gasteiger partial charge is 0.234 e. The minimum absolute atomic E-state index is 0.0204. The molecule has 1 saturated carbocycles. The third kappa shape index (κ3) is 5.49. The van der Waals surface area contributed by atoms with E-state index >= 15 is 0 Å². The van der Waals surface area contributed by atoms with E-state index in [9.17, 15) is 9.59 Å². The molecular weight excluding hydrogens is 230 g/mol. The molecule has 5 heteroatoms. The first kappa shape index (κ1) is 15.0. The lowest BCUT2D eigenvalue weighted by Crippen LogP contribution is -2.44. The topological polar surface area (TPSA) is 61.4 Å². The van der Waals surface area contributed by atoms with E-state index in [2.05, 4.69) is 10.6 Å². The first-order chi connectivity index (χ1) is 8.65. The third-order valence-corrected chi connectivity index (χ3v) is 3.28. The zero-order valence-corrected chi connectivity index (χ0v) is 11.5. The normalized spacial score (nSPS) is 15.9. The van der Waals surface area contributed by atoms with Crippen molar-refractivity contribution in [1.29, 1.82) is 0 Å². The van der Waals surface area contributed by atoms with Crippen LogP contribution in [0.2, 0.25) is 0 Å². The van der Waals surface area contributed by atoms with Crippen LogP contribution < -0.4 is 10.6 Å². The zero-order valence-electron chi connectivity index (χ0n) is 11.5. The molecule has 0 bridgehead atoms. The first-order valence-corrected chi connectivity index (χ1v) is 6.94. The van der Waals surface area contributed by atoms with Crippen LogP contribution in [0.5, 0.6) is 0 Å². The summed E-state index contributed by atoms with van der Waals surface area (Å²) < 4.78 is 0. The van der Waals surface area contributed by atoms with Gasteiger partial charge in [-0.2, -0.15) is 0 Å². The van der Waals surface area contributed by atoms with Crippen LogP contribution in [0, 0.1) is 0 Å². The summed E-state index contributed by atoms with van der Waals surface area (Å²) in [7, 11) is 0. The van der Waals surface area contributed by atoms with E-state index in [1.165, 1.54) is 12.8 Å². The van der Waals surface area contributed by atoms with Crippen molar-refractivity contribution in [3.05, 3.63) is 0 Å². The van der Waals surface area contributed by atoms with Crippen LogP contribution in [-0.2, 0) is 9.59 Å². The summed E-state index contributed by atoms with van der Waals surface area (Å²) in [5.74, 6) is 0.0149. The highest BCUT2D eigenvalue weighted by Gasteiger charge is 2.19. The lowest BCUT2D eigenvalue weighted by Gasteiger charge is -2.20. The van der Waals surface area contributed by atoms with Gasteiger partial charge in [0.2, 0.25) is 11.8 Å². The molecule has 1 aliphatic rings. The van der Waals surface area contributed by atoms with Gasteiger partial charge in [0.05, 0.1) is 13.1 Å². The van der Waals surface area contributed by atoms with Gasteiger partial charge in [-0.1, -0.05) is 19.8 Å². The molecule has 104 valence electrons. The molecule has 0 saturated heterocycles. The maximum Gasteiger partial charge on any atom is 0.234 e. The largest absolute Gasteiger partial charge is 0.355 e. The van der Waals surface area contributed by atoms with Gasteiger partial charge >= 0.3 is 0 Å².